The van der Waals surface area contributed by atoms with Crippen LogP contribution in [0.2, 0.25) is 0 Å². The Morgan fingerprint density at radius 2 is 2.23 bits per heavy atom. The van der Waals surface area contributed by atoms with Gasteiger partial charge in [-0.2, -0.15) is 5.26 Å². The Kier molecular flexibility index (Phi) is 2.64. The van der Waals surface area contributed by atoms with Crippen molar-refractivity contribution in [3.8, 4) is 6.07 Å². The summed E-state index contributed by atoms with van der Waals surface area (Å²) >= 11 is 0. The second-order valence-electron chi connectivity index (χ2n) is 3.54. The van der Waals surface area contributed by atoms with E-state index in [-0.39, 0.29) is 0 Å². The Morgan fingerprint density at radius 3 is 2.54 bits per heavy atom. The van der Waals surface area contributed by atoms with Gasteiger partial charge in [0.2, 0.25) is 0 Å². The lowest BCUT2D eigenvalue weighted by Gasteiger charge is -2.26. The zero-order valence-electron chi connectivity index (χ0n) is 7.87. The second kappa shape index (κ2) is 3.28. The molecule has 0 heterocycles. The van der Waals surface area contributed by atoms with E-state index in [4.69, 9.17) is 5.26 Å². The molecule has 1 saturated carbocycles. The molecule has 0 amide bonds. The summed E-state index contributed by atoms with van der Waals surface area (Å²) in [6, 6.07) is 2.09. The van der Waals surface area contributed by atoms with Crippen LogP contribution >= 0.6 is 0 Å². The van der Waals surface area contributed by atoms with E-state index in [0.717, 1.165) is 6.42 Å². The van der Waals surface area contributed by atoms with Crippen molar-refractivity contribution >= 4 is 9.84 Å². The van der Waals surface area contributed by atoms with E-state index in [0.29, 0.717) is 12.8 Å². The second-order valence-corrected chi connectivity index (χ2v) is 5.77. The van der Waals surface area contributed by atoms with Gasteiger partial charge in [0.05, 0.1) is 11.3 Å². The fourth-order valence-electron chi connectivity index (χ4n) is 2.02. The highest BCUT2D eigenvalue weighted by Gasteiger charge is 2.47. The Bertz CT molecular complexity index is 331. The molecule has 5 heteroatoms. The van der Waals surface area contributed by atoms with Gasteiger partial charge < -0.3 is 5.32 Å². The van der Waals surface area contributed by atoms with Crippen LogP contribution in [0.3, 0.4) is 0 Å². The van der Waals surface area contributed by atoms with Gasteiger partial charge in [-0.3, -0.25) is 0 Å². The normalized spacial score (nSPS) is 34.4. The molecule has 2 unspecified atom stereocenters. The van der Waals surface area contributed by atoms with Crippen molar-refractivity contribution in [3.63, 3.8) is 0 Å². The first-order valence-corrected chi connectivity index (χ1v) is 6.21. The SMILES string of the molecule is CNC1(C#N)CCCC1S(C)(=O)=O. The van der Waals surface area contributed by atoms with E-state index in [1.54, 1.807) is 7.05 Å². The molecule has 13 heavy (non-hydrogen) atoms. The highest BCUT2D eigenvalue weighted by molar-refractivity contribution is 7.91. The molecule has 4 nitrogen and oxygen atoms in total. The number of hydrogen-bond donors (Lipinski definition) is 1. The van der Waals surface area contributed by atoms with Crippen LogP contribution in [0.4, 0.5) is 0 Å². The summed E-state index contributed by atoms with van der Waals surface area (Å²) < 4.78 is 22.8. The van der Waals surface area contributed by atoms with Gasteiger partial charge in [0.25, 0.3) is 0 Å². The van der Waals surface area contributed by atoms with Gasteiger partial charge in [-0.05, 0) is 26.3 Å². The van der Waals surface area contributed by atoms with Crippen molar-refractivity contribution in [1.29, 1.82) is 5.26 Å². The van der Waals surface area contributed by atoms with Crippen LogP contribution in [-0.4, -0.2) is 32.5 Å². The molecule has 74 valence electrons. The van der Waals surface area contributed by atoms with E-state index >= 15 is 0 Å². The van der Waals surface area contributed by atoms with Crippen LogP contribution in [0.1, 0.15) is 19.3 Å². The first-order chi connectivity index (χ1) is 5.96. The average molecular weight is 202 g/mol. The first-order valence-electron chi connectivity index (χ1n) is 4.25. The number of nitriles is 1. The Morgan fingerprint density at radius 1 is 1.62 bits per heavy atom. The monoisotopic (exact) mass is 202 g/mol. The minimum Gasteiger partial charge on any atom is -0.301 e. The topological polar surface area (TPSA) is 70.0 Å². The Labute approximate surface area is 78.9 Å². The van der Waals surface area contributed by atoms with E-state index in [9.17, 15) is 8.42 Å². The quantitative estimate of drug-likeness (QED) is 0.687. The number of sulfone groups is 1. The first kappa shape index (κ1) is 10.5. The molecule has 0 radical (unpaired) electrons. The summed E-state index contributed by atoms with van der Waals surface area (Å²) in [5, 5.41) is 11.3. The molecule has 0 aromatic carbocycles. The highest BCUT2D eigenvalue weighted by atomic mass is 32.2. The molecule has 0 aliphatic heterocycles. The molecular weight excluding hydrogens is 188 g/mol. The van der Waals surface area contributed by atoms with Crippen LogP contribution < -0.4 is 5.32 Å². The van der Waals surface area contributed by atoms with Crippen molar-refractivity contribution < 1.29 is 8.42 Å². The van der Waals surface area contributed by atoms with E-state index in [1.807, 2.05) is 0 Å². The molecule has 1 aliphatic carbocycles. The molecule has 2 atom stereocenters. The standard InChI is InChI=1S/C8H14N2O2S/c1-10-8(6-9)5-3-4-7(8)13(2,11)12/h7,10H,3-5H2,1-2H3. The minimum atomic E-state index is -3.12. The predicted octanol–water partition coefficient (Wildman–Crippen LogP) is 0.0653. The maximum atomic E-state index is 11.4. The van der Waals surface area contributed by atoms with E-state index < -0.39 is 20.6 Å². The molecule has 1 N–H and O–H groups in total. The smallest absolute Gasteiger partial charge is 0.153 e. The zero-order valence-corrected chi connectivity index (χ0v) is 8.69. The summed E-state index contributed by atoms with van der Waals surface area (Å²) in [6.45, 7) is 0. The van der Waals surface area contributed by atoms with Gasteiger partial charge in [-0.25, -0.2) is 8.42 Å². The van der Waals surface area contributed by atoms with Crippen molar-refractivity contribution in [2.45, 2.75) is 30.1 Å². The largest absolute Gasteiger partial charge is 0.301 e. The Balaban J connectivity index is 3.07. The van der Waals surface area contributed by atoms with Crippen LogP contribution in [-0.2, 0) is 9.84 Å². The molecule has 0 spiro atoms. The highest BCUT2D eigenvalue weighted by Crippen LogP contribution is 2.33. The molecule has 1 aliphatic rings. The summed E-state index contributed by atoms with van der Waals surface area (Å²) in [5.74, 6) is 0. The molecule has 0 saturated heterocycles. The van der Waals surface area contributed by atoms with Gasteiger partial charge in [-0.15, -0.1) is 0 Å². The van der Waals surface area contributed by atoms with Crippen molar-refractivity contribution in [3.05, 3.63) is 0 Å². The molecule has 0 aromatic heterocycles. The summed E-state index contributed by atoms with van der Waals surface area (Å²) in [4.78, 5) is 0. The summed E-state index contributed by atoms with van der Waals surface area (Å²) in [5.41, 5.74) is -0.854. The van der Waals surface area contributed by atoms with Crippen LogP contribution in [0.5, 0.6) is 0 Å². The van der Waals surface area contributed by atoms with E-state index in [1.165, 1.54) is 6.26 Å². The molecule has 0 aromatic rings. The van der Waals surface area contributed by atoms with Gasteiger partial charge in [-0.1, -0.05) is 0 Å². The molecule has 0 bridgehead atoms. The van der Waals surface area contributed by atoms with Crippen LogP contribution in [0.15, 0.2) is 0 Å². The maximum absolute atomic E-state index is 11.4. The molecular formula is C8H14N2O2S. The fourth-order valence-corrected chi connectivity index (χ4v) is 3.64. The maximum Gasteiger partial charge on any atom is 0.153 e. The number of nitrogens with one attached hydrogen (secondary N) is 1. The van der Waals surface area contributed by atoms with Crippen molar-refractivity contribution in [2.75, 3.05) is 13.3 Å². The molecule has 1 rings (SSSR count). The average Bonchev–Trinajstić information content (AvgIpc) is 2.47. The van der Waals surface area contributed by atoms with E-state index in [2.05, 4.69) is 11.4 Å². The van der Waals surface area contributed by atoms with Gasteiger partial charge in [0, 0.05) is 6.26 Å². The third kappa shape index (κ3) is 1.69. The number of rotatable bonds is 2. The number of nitrogens with zero attached hydrogens (tertiary/aromatic N) is 1. The van der Waals surface area contributed by atoms with Crippen LogP contribution in [0, 0.1) is 11.3 Å². The third-order valence-corrected chi connectivity index (χ3v) is 4.42. The summed E-state index contributed by atoms with van der Waals surface area (Å²) in [6.07, 6.45) is 3.21. The van der Waals surface area contributed by atoms with Gasteiger partial charge in [0.15, 0.2) is 9.84 Å². The van der Waals surface area contributed by atoms with Gasteiger partial charge in [0.1, 0.15) is 5.54 Å². The lowest BCUT2D eigenvalue weighted by molar-refractivity contribution is 0.454. The molecule has 1 fully saturated rings. The third-order valence-electron chi connectivity index (χ3n) is 2.75. The number of hydrogen-bond acceptors (Lipinski definition) is 4. The zero-order chi connectivity index (χ0) is 10.1. The van der Waals surface area contributed by atoms with Crippen LogP contribution in [0.25, 0.3) is 0 Å². The van der Waals surface area contributed by atoms with Crippen molar-refractivity contribution in [2.24, 2.45) is 0 Å². The minimum absolute atomic E-state index is 0.546. The fraction of sp³-hybridized carbons (Fsp3) is 0.875. The lowest BCUT2D eigenvalue weighted by Crippen LogP contribution is -2.51. The Hall–Kier alpha value is -0.600. The predicted molar refractivity (Wildman–Crippen MR) is 49.9 cm³/mol. The van der Waals surface area contributed by atoms with Gasteiger partial charge >= 0.3 is 0 Å². The lowest BCUT2D eigenvalue weighted by atomic mass is 10.0. The summed E-state index contributed by atoms with van der Waals surface area (Å²) in [7, 11) is -1.47. The van der Waals surface area contributed by atoms with Crippen molar-refractivity contribution in [1.82, 2.24) is 5.32 Å².